The van der Waals surface area contributed by atoms with Crippen LogP contribution in [0.2, 0.25) is 5.02 Å². The predicted octanol–water partition coefficient (Wildman–Crippen LogP) is 1.75. The molecule has 1 aromatic heterocycles. The smallest absolute Gasteiger partial charge is 0.318 e. The van der Waals surface area contributed by atoms with Crippen LogP contribution in [0.3, 0.4) is 0 Å². The number of nitrogens with two attached hydrogens (primary N) is 1. The summed E-state index contributed by atoms with van der Waals surface area (Å²) in [5.41, 5.74) is -0.369. The summed E-state index contributed by atoms with van der Waals surface area (Å²) in [6.07, 6.45) is 1.62. The van der Waals surface area contributed by atoms with Crippen molar-refractivity contribution in [3.8, 4) is 0 Å². The van der Waals surface area contributed by atoms with Crippen molar-refractivity contribution in [2.24, 2.45) is 0 Å². The van der Waals surface area contributed by atoms with Crippen molar-refractivity contribution in [1.82, 2.24) is 14.5 Å². The van der Waals surface area contributed by atoms with Gasteiger partial charge in [0, 0.05) is 16.5 Å². The molecule has 0 fully saturated rings. The molecule has 7 heteroatoms. The minimum Gasteiger partial charge on any atom is -0.318 e. The average Bonchev–Trinajstić information content (AvgIpc) is 2.61. The molecule has 18 heavy (non-hydrogen) atoms. The van der Waals surface area contributed by atoms with E-state index in [4.69, 9.17) is 17.4 Å². The summed E-state index contributed by atoms with van der Waals surface area (Å²) in [6.45, 7) is 3.97. The van der Waals surface area contributed by atoms with E-state index in [1.165, 1.54) is 16.3 Å². The van der Waals surface area contributed by atoms with Crippen LogP contribution in [0.25, 0.3) is 0 Å². The number of hydrogen-bond acceptors (Lipinski definition) is 4. The fraction of sp³-hybridized carbons (Fsp3) is 0.0909. The predicted molar refractivity (Wildman–Crippen MR) is 72.4 cm³/mol. The number of allylic oxidation sites excluding steroid dienone is 1. The number of hydrogen-bond donors (Lipinski definition) is 1. The van der Waals surface area contributed by atoms with Gasteiger partial charge in [0.15, 0.2) is 5.16 Å². The molecule has 5 nitrogen and oxygen atoms in total. The Morgan fingerprint density at radius 1 is 1.44 bits per heavy atom. The highest BCUT2D eigenvalue weighted by atomic mass is 35.5. The molecule has 0 aliphatic carbocycles. The molecule has 2 rings (SSSR count). The van der Waals surface area contributed by atoms with Gasteiger partial charge >= 0.3 is 5.69 Å². The van der Waals surface area contributed by atoms with Gasteiger partial charge in [-0.25, -0.2) is 4.79 Å². The molecular weight excluding hydrogens is 272 g/mol. The monoisotopic (exact) mass is 282 g/mol. The Labute approximate surface area is 113 Å². The van der Waals surface area contributed by atoms with Gasteiger partial charge in [0.2, 0.25) is 0 Å². The van der Waals surface area contributed by atoms with Crippen LogP contribution in [0.15, 0.2) is 51.8 Å². The third-order valence-corrected chi connectivity index (χ3v) is 3.43. The summed E-state index contributed by atoms with van der Waals surface area (Å²) >= 11 is 7.15. The number of nitrogens with zero attached hydrogens (tertiary/aromatic N) is 3. The van der Waals surface area contributed by atoms with Crippen molar-refractivity contribution in [3.05, 3.63) is 52.4 Å². The third kappa shape index (κ3) is 2.60. The van der Waals surface area contributed by atoms with Gasteiger partial charge < -0.3 is 5.84 Å². The summed E-state index contributed by atoms with van der Waals surface area (Å²) in [7, 11) is 0. The van der Waals surface area contributed by atoms with E-state index in [1.54, 1.807) is 18.2 Å². The van der Waals surface area contributed by atoms with Crippen molar-refractivity contribution < 1.29 is 0 Å². The maximum Gasteiger partial charge on any atom is 0.366 e. The molecule has 0 aliphatic heterocycles. The van der Waals surface area contributed by atoms with Crippen LogP contribution in [0.4, 0.5) is 0 Å². The van der Waals surface area contributed by atoms with Gasteiger partial charge in [0.1, 0.15) is 0 Å². The minimum absolute atomic E-state index is 0.367. The third-order valence-electron chi connectivity index (χ3n) is 2.19. The van der Waals surface area contributed by atoms with Crippen LogP contribution in [0.5, 0.6) is 0 Å². The second-order valence-corrected chi connectivity index (χ2v) is 4.94. The van der Waals surface area contributed by atoms with Gasteiger partial charge in [0.25, 0.3) is 0 Å². The molecular formula is C11H11ClN4OS. The lowest BCUT2D eigenvalue weighted by atomic mass is 10.4. The molecule has 0 radical (unpaired) electrons. The van der Waals surface area contributed by atoms with Crippen LogP contribution >= 0.6 is 23.4 Å². The number of rotatable bonds is 4. The van der Waals surface area contributed by atoms with E-state index in [1.807, 2.05) is 12.1 Å². The molecule has 0 aliphatic rings. The quantitative estimate of drug-likeness (QED) is 0.685. The Morgan fingerprint density at radius 2 is 2.11 bits per heavy atom. The molecule has 0 saturated heterocycles. The summed E-state index contributed by atoms with van der Waals surface area (Å²) in [4.78, 5) is 13.4. The van der Waals surface area contributed by atoms with E-state index in [0.29, 0.717) is 16.7 Å². The van der Waals surface area contributed by atoms with E-state index in [0.717, 1.165) is 9.69 Å². The van der Waals surface area contributed by atoms with Crippen molar-refractivity contribution in [1.29, 1.82) is 0 Å². The molecule has 0 unspecified atom stereocenters. The van der Waals surface area contributed by atoms with E-state index in [9.17, 15) is 4.79 Å². The van der Waals surface area contributed by atoms with Crippen molar-refractivity contribution in [2.45, 2.75) is 16.6 Å². The maximum atomic E-state index is 11.7. The standard InChI is InChI=1S/C11H11ClN4OS/c1-2-7-15-10(14-16(13)11(15)17)18-9-5-3-8(12)4-6-9/h2-6H,1,7,13H2. The Kier molecular flexibility index (Phi) is 3.78. The normalized spacial score (nSPS) is 10.5. The van der Waals surface area contributed by atoms with Crippen molar-refractivity contribution >= 4 is 23.4 Å². The maximum absolute atomic E-state index is 11.7. The molecule has 0 amide bonds. The fourth-order valence-corrected chi connectivity index (χ4v) is 2.36. The molecule has 1 aromatic carbocycles. The molecule has 0 saturated carbocycles. The van der Waals surface area contributed by atoms with Crippen LogP contribution in [0, 0.1) is 0 Å². The summed E-state index contributed by atoms with van der Waals surface area (Å²) in [6, 6.07) is 7.26. The number of benzene rings is 1. The van der Waals surface area contributed by atoms with Gasteiger partial charge in [0.05, 0.1) is 0 Å². The van der Waals surface area contributed by atoms with Crippen molar-refractivity contribution in [3.63, 3.8) is 0 Å². The number of nitrogen functional groups attached to an aromatic ring is 1. The summed E-state index contributed by atoms with van der Waals surface area (Å²) < 4.78 is 1.45. The highest BCUT2D eigenvalue weighted by Crippen LogP contribution is 2.26. The van der Waals surface area contributed by atoms with Gasteiger partial charge in [-0.15, -0.1) is 16.5 Å². The molecule has 94 valence electrons. The van der Waals surface area contributed by atoms with Gasteiger partial charge in [-0.05, 0) is 36.0 Å². The van der Waals surface area contributed by atoms with Gasteiger partial charge in [-0.2, -0.15) is 0 Å². The molecule has 0 bridgehead atoms. The van der Waals surface area contributed by atoms with Gasteiger partial charge in [-0.3, -0.25) is 4.57 Å². The second-order valence-electron chi connectivity index (χ2n) is 3.46. The Hall–Kier alpha value is -1.66. The fourth-order valence-electron chi connectivity index (χ4n) is 1.36. The molecule has 2 N–H and O–H groups in total. The lowest BCUT2D eigenvalue weighted by molar-refractivity contribution is 0.700. The largest absolute Gasteiger partial charge is 0.366 e. The van der Waals surface area contributed by atoms with Crippen LogP contribution in [0.1, 0.15) is 0 Å². The van der Waals surface area contributed by atoms with Crippen LogP contribution in [-0.2, 0) is 6.54 Å². The zero-order valence-electron chi connectivity index (χ0n) is 9.41. The first-order valence-corrected chi connectivity index (χ1v) is 6.30. The summed E-state index contributed by atoms with van der Waals surface area (Å²) in [5.74, 6) is 5.45. The lowest BCUT2D eigenvalue weighted by Crippen LogP contribution is -2.30. The first-order valence-electron chi connectivity index (χ1n) is 5.11. The van der Waals surface area contributed by atoms with Gasteiger partial charge in [-0.1, -0.05) is 17.7 Å². The highest BCUT2D eigenvalue weighted by molar-refractivity contribution is 7.99. The SMILES string of the molecule is C=CCn1c(Sc2ccc(Cl)cc2)nn(N)c1=O. The van der Waals surface area contributed by atoms with E-state index < -0.39 is 0 Å². The number of halogens is 1. The zero-order valence-corrected chi connectivity index (χ0v) is 11.0. The van der Waals surface area contributed by atoms with Crippen LogP contribution < -0.4 is 11.5 Å². The Morgan fingerprint density at radius 3 is 2.72 bits per heavy atom. The minimum atomic E-state index is -0.369. The van der Waals surface area contributed by atoms with Crippen molar-refractivity contribution in [2.75, 3.05) is 5.84 Å². The number of aromatic nitrogens is 3. The molecule has 1 heterocycles. The second kappa shape index (κ2) is 5.32. The highest BCUT2D eigenvalue weighted by Gasteiger charge is 2.11. The molecule has 0 spiro atoms. The Bertz CT molecular complexity index is 617. The zero-order chi connectivity index (χ0) is 13.1. The van der Waals surface area contributed by atoms with E-state index in [2.05, 4.69) is 11.7 Å². The average molecular weight is 283 g/mol. The van der Waals surface area contributed by atoms with Crippen LogP contribution in [-0.4, -0.2) is 14.5 Å². The van der Waals surface area contributed by atoms with E-state index in [-0.39, 0.29) is 5.69 Å². The Balaban J connectivity index is 2.33. The van der Waals surface area contributed by atoms with E-state index >= 15 is 0 Å². The first kappa shape index (κ1) is 12.8. The first-order chi connectivity index (χ1) is 8.61. The lowest BCUT2D eigenvalue weighted by Gasteiger charge is -2.02. The molecule has 0 atom stereocenters. The summed E-state index contributed by atoms with van der Waals surface area (Å²) in [5, 5.41) is 5.15. The molecule has 2 aromatic rings. The topological polar surface area (TPSA) is 65.8 Å².